The summed E-state index contributed by atoms with van der Waals surface area (Å²) in [6.07, 6.45) is 0. The van der Waals surface area contributed by atoms with Crippen LogP contribution in [0, 0.1) is 0 Å². The molecule has 0 fully saturated rings. The van der Waals surface area contributed by atoms with Gasteiger partial charge >= 0.3 is 0 Å². The first kappa shape index (κ1) is 39.6. The van der Waals surface area contributed by atoms with Crippen LogP contribution in [0.3, 0.4) is 0 Å². The van der Waals surface area contributed by atoms with E-state index >= 15 is 0 Å². The van der Waals surface area contributed by atoms with Crippen LogP contribution in [0.1, 0.15) is 22.3 Å². The van der Waals surface area contributed by atoms with Crippen LogP contribution in [0.2, 0.25) is 0 Å². The molecule has 14 rings (SSSR count). The van der Waals surface area contributed by atoms with Gasteiger partial charge in [0.15, 0.2) is 0 Å². The van der Waals surface area contributed by atoms with Crippen molar-refractivity contribution in [3.05, 3.63) is 283 Å². The average molecular weight is 894 g/mol. The van der Waals surface area contributed by atoms with Crippen LogP contribution < -0.4 is 4.90 Å². The van der Waals surface area contributed by atoms with Crippen LogP contribution in [0.15, 0.2) is 261 Å². The van der Waals surface area contributed by atoms with Gasteiger partial charge < -0.3 is 4.90 Å². The maximum atomic E-state index is 2.57. The van der Waals surface area contributed by atoms with E-state index in [0.717, 1.165) is 11.4 Å². The zero-order valence-electron chi connectivity index (χ0n) is 37.7. The van der Waals surface area contributed by atoms with Gasteiger partial charge in [-0.1, -0.05) is 218 Å². The molecule has 0 saturated carbocycles. The van der Waals surface area contributed by atoms with E-state index in [1.54, 1.807) is 0 Å². The summed E-state index contributed by atoms with van der Waals surface area (Å²) in [4.78, 5) is 2.57. The molecule has 0 bridgehead atoms. The summed E-state index contributed by atoms with van der Waals surface area (Å²) in [5.41, 5.74) is 23.1. The molecular weight excluding hydrogens is 851 g/mol. The summed E-state index contributed by atoms with van der Waals surface area (Å²) in [7, 11) is 0. The standard InChI is InChI=1S/C67H43NS/c1-4-16-44(17-5-1)47-28-30-48(31-29-47)50-34-39-53(40-35-50)68(52-37-32-49(33-38-52)45-18-6-2-7-19-45)66-64-56-24-12-15-27-60(56)67(58-25-13-10-22-54(58)55-23-11-14-26-59(55)67)61(64)43-63-65(66)57-42-51(36-41-62(57)69-63)46-20-8-3-9-21-46/h1-43H. The second-order valence-corrected chi connectivity index (χ2v) is 19.4. The van der Waals surface area contributed by atoms with Gasteiger partial charge in [0.2, 0.25) is 0 Å². The van der Waals surface area contributed by atoms with Crippen molar-refractivity contribution in [2.24, 2.45) is 0 Å². The third-order valence-corrected chi connectivity index (χ3v) is 15.8. The first-order valence-corrected chi connectivity index (χ1v) is 24.6. The van der Waals surface area contributed by atoms with Gasteiger partial charge in [0.05, 0.1) is 11.1 Å². The van der Waals surface area contributed by atoms with Gasteiger partial charge in [-0.25, -0.2) is 0 Å². The minimum atomic E-state index is -0.508. The molecule has 2 aliphatic carbocycles. The fourth-order valence-corrected chi connectivity index (χ4v) is 12.8. The molecule has 0 atom stereocenters. The molecule has 322 valence electrons. The van der Waals surface area contributed by atoms with Crippen molar-refractivity contribution in [3.63, 3.8) is 0 Å². The van der Waals surface area contributed by atoms with E-state index in [9.17, 15) is 0 Å². The van der Waals surface area contributed by atoms with Gasteiger partial charge in [0.25, 0.3) is 0 Å². The van der Waals surface area contributed by atoms with E-state index in [2.05, 4.69) is 266 Å². The molecule has 69 heavy (non-hydrogen) atoms. The Morgan fingerprint density at radius 2 is 0.667 bits per heavy atom. The first-order chi connectivity index (χ1) is 34.2. The Morgan fingerprint density at radius 1 is 0.290 bits per heavy atom. The maximum absolute atomic E-state index is 2.57. The predicted molar refractivity (Wildman–Crippen MR) is 292 cm³/mol. The van der Waals surface area contributed by atoms with Crippen molar-refractivity contribution in [2.75, 3.05) is 4.90 Å². The highest BCUT2D eigenvalue weighted by Gasteiger charge is 2.53. The molecule has 1 spiro atoms. The van der Waals surface area contributed by atoms with Gasteiger partial charge in [-0.05, 0) is 126 Å². The second-order valence-electron chi connectivity index (χ2n) is 18.3. The van der Waals surface area contributed by atoms with Gasteiger partial charge in [0, 0.05) is 37.1 Å². The summed E-state index contributed by atoms with van der Waals surface area (Å²) in [6.45, 7) is 0. The van der Waals surface area contributed by atoms with Crippen molar-refractivity contribution < 1.29 is 0 Å². The Labute approximate surface area is 406 Å². The van der Waals surface area contributed by atoms with Crippen LogP contribution in [0.5, 0.6) is 0 Å². The number of fused-ring (bicyclic) bond motifs is 13. The third-order valence-electron chi connectivity index (χ3n) is 14.7. The van der Waals surface area contributed by atoms with Crippen LogP contribution in [-0.4, -0.2) is 0 Å². The number of rotatable bonds is 7. The highest BCUT2D eigenvalue weighted by Crippen LogP contribution is 2.66. The van der Waals surface area contributed by atoms with Gasteiger partial charge in [-0.2, -0.15) is 0 Å². The van der Waals surface area contributed by atoms with Crippen LogP contribution in [0.25, 0.3) is 86.9 Å². The summed E-state index contributed by atoms with van der Waals surface area (Å²) in [5.74, 6) is 0. The Kier molecular flexibility index (Phi) is 9.05. The van der Waals surface area contributed by atoms with Crippen LogP contribution in [0.4, 0.5) is 17.1 Å². The normalized spacial score (nSPS) is 12.8. The Balaban J connectivity index is 1.07. The fraction of sp³-hybridized carbons (Fsp3) is 0.0149. The molecule has 1 heterocycles. The molecule has 2 aliphatic rings. The van der Waals surface area contributed by atoms with Crippen molar-refractivity contribution in [2.45, 2.75) is 5.41 Å². The van der Waals surface area contributed by atoms with Crippen molar-refractivity contribution >= 4 is 48.6 Å². The van der Waals surface area contributed by atoms with Crippen molar-refractivity contribution in [3.8, 4) is 66.8 Å². The zero-order chi connectivity index (χ0) is 45.5. The third kappa shape index (κ3) is 6.09. The molecule has 0 N–H and O–H groups in total. The highest BCUT2D eigenvalue weighted by atomic mass is 32.1. The smallest absolute Gasteiger partial charge is 0.0726 e. The number of anilines is 3. The number of hydrogen-bond donors (Lipinski definition) is 0. The Bertz CT molecular complexity index is 3860. The number of thiophene rings is 1. The fourth-order valence-electron chi connectivity index (χ4n) is 11.6. The molecule has 0 unspecified atom stereocenters. The van der Waals surface area contributed by atoms with E-state index in [1.807, 2.05) is 11.3 Å². The lowest BCUT2D eigenvalue weighted by Crippen LogP contribution is -2.26. The highest BCUT2D eigenvalue weighted by molar-refractivity contribution is 7.26. The minimum Gasteiger partial charge on any atom is -0.309 e. The lowest BCUT2D eigenvalue weighted by molar-refractivity contribution is 0.795. The summed E-state index contributed by atoms with van der Waals surface area (Å²) in [6, 6.07) is 96.8. The maximum Gasteiger partial charge on any atom is 0.0726 e. The largest absolute Gasteiger partial charge is 0.309 e. The minimum absolute atomic E-state index is 0.508. The number of hydrogen-bond acceptors (Lipinski definition) is 2. The van der Waals surface area contributed by atoms with Gasteiger partial charge in [0.1, 0.15) is 0 Å². The zero-order valence-corrected chi connectivity index (χ0v) is 38.5. The number of nitrogens with zero attached hydrogens (tertiary/aromatic N) is 1. The molecule has 1 aromatic heterocycles. The van der Waals surface area contributed by atoms with E-state index in [4.69, 9.17) is 0 Å². The van der Waals surface area contributed by atoms with Crippen molar-refractivity contribution in [1.29, 1.82) is 0 Å². The Morgan fingerprint density at radius 3 is 1.16 bits per heavy atom. The second kappa shape index (κ2) is 15.8. The van der Waals surface area contributed by atoms with Crippen molar-refractivity contribution in [1.82, 2.24) is 0 Å². The molecule has 0 saturated heterocycles. The van der Waals surface area contributed by atoms with Gasteiger partial charge in [-0.3, -0.25) is 0 Å². The molecule has 12 aromatic rings. The number of benzene rings is 11. The molecule has 0 amide bonds. The molecular formula is C67H43NS. The SMILES string of the molecule is c1ccc(-c2ccc(-c3ccc(N(c4ccc(-c5ccccc5)cc4)c4c5c(cc6sc7ccc(-c8ccccc8)cc7c46)C4(c6ccccc6-c6ccccc64)c4ccccc4-5)cc3)cc2)cc1. The van der Waals surface area contributed by atoms with E-state index in [0.29, 0.717) is 0 Å². The Hall–Kier alpha value is -8.56. The van der Waals surface area contributed by atoms with E-state index in [-0.39, 0.29) is 0 Å². The molecule has 0 radical (unpaired) electrons. The molecule has 11 aromatic carbocycles. The molecule has 1 nitrogen and oxygen atoms in total. The summed E-state index contributed by atoms with van der Waals surface area (Å²) in [5, 5.41) is 2.53. The molecule has 0 aliphatic heterocycles. The average Bonchev–Trinajstić information content (AvgIpc) is 4.05. The predicted octanol–water partition coefficient (Wildman–Crippen LogP) is 18.5. The van der Waals surface area contributed by atoms with E-state index < -0.39 is 5.41 Å². The monoisotopic (exact) mass is 893 g/mol. The first-order valence-electron chi connectivity index (χ1n) is 23.8. The molecule has 2 heteroatoms. The van der Waals surface area contributed by atoms with Gasteiger partial charge in [-0.15, -0.1) is 11.3 Å². The van der Waals surface area contributed by atoms with Crippen LogP contribution >= 0.6 is 11.3 Å². The topological polar surface area (TPSA) is 3.24 Å². The summed E-state index contributed by atoms with van der Waals surface area (Å²) < 4.78 is 2.55. The lowest BCUT2D eigenvalue weighted by atomic mass is 9.70. The van der Waals surface area contributed by atoms with E-state index in [1.165, 1.54) is 115 Å². The van der Waals surface area contributed by atoms with Crippen LogP contribution in [-0.2, 0) is 5.41 Å². The lowest BCUT2D eigenvalue weighted by Gasteiger charge is -2.32. The quantitative estimate of drug-likeness (QED) is 0.154. The summed E-state index contributed by atoms with van der Waals surface area (Å²) >= 11 is 1.91.